The molecule has 1 heterocycles. The van der Waals surface area contributed by atoms with Crippen LogP contribution >= 0.6 is 0 Å². The van der Waals surface area contributed by atoms with E-state index in [1.807, 2.05) is 0 Å². The van der Waals surface area contributed by atoms with Crippen LogP contribution in [0.15, 0.2) is 24.3 Å². The van der Waals surface area contributed by atoms with Crippen LogP contribution in [0.1, 0.15) is 38.1 Å². The lowest BCUT2D eigenvalue weighted by Crippen LogP contribution is -2.67. The van der Waals surface area contributed by atoms with Crippen molar-refractivity contribution < 1.29 is 52.4 Å². The van der Waals surface area contributed by atoms with Gasteiger partial charge in [0.1, 0.15) is 30.1 Å². The molecule has 0 aliphatic carbocycles. The maximum atomic E-state index is 12.2. The summed E-state index contributed by atoms with van der Waals surface area (Å²) in [6.07, 6.45) is -5.04. The first-order valence-corrected chi connectivity index (χ1v) is 10.3. The second-order valence-electron chi connectivity index (χ2n) is 7.33. The molecule has 1 aromatic rings. The third kappa shape index (κ3) is 7.17. The first-order valence-electron chi connectivity index (χ1n) is 10.3. The normalized spacial score (nSPS) is 23.7. The Kier molecular flexibility index (Phi) is 9.36. The minimum Gasteiger partial charge on any atom is -0.465 e. The number of benzene rings is 1. The molecule has 0 spiro atoms. The number of esters is 4. The smallest absolute Gasteiger partial charge is 0.341 e. The summed E-state index contributed by atoms with van der Waals surface area (Å²) < 4.78 is 32.3. The zero-order valence-electron chi connectivity index (χ0n) is 19.4. The van der Waals surface area contributed by atoms with Gasteiger partial charge in [0.25, 0.3) is 0 Å². The molecule has 1 fully saturated rings. The fourth-order valence-corrected chi connectivity index (χ4v) is 3.36. The molecule has 0 unspecified atom stereocenters. The van der Waals surface area contributed by atoms with Gasteiger partial charge in [0.05, 0.1) is 7.11 Å². The fourth-order valence-electron chi connectivity index (χ4n) is 3.36. The lowest BCUT2D eigenvalue weighted by molar-refractivity contribution is -0.257. The van der Waals surface area contributed by atoms with Crippen molar-refractivity contribution in [3.63, 3.8) is 0 Å². The van der Waals surface area contributed by atoms with Crippen LogP contribution in [0, 0.1) is 0 Å². The summed E-state index contributed by atoms with van der Waals surface area (Å²) in [5.41, 5.74) is 0.0675. The number of ether oxygens (including phenoxy) is 6. The van der Waals surface area contributed by atoms with Crippen LogP contribution in [-0.4, -0.2) is 74.1 Å². The van der Waals surface area contributed by atoms with Crippen molar-refractivity contribution in [2.45, 2.75) is 58.3 Å². The van der Waals surface area contributed by atoms with Crippen molar-refractivity contribution in [3.8, 4) is 5.75 Å². The number of rotatable bonds is 8. The predicted molar refractivity (Wildman–Crippen MR) is 112 cm³/mol. The summed E-state index contributed by atoms with van der Waals surface area (Å²) in [6.45, 7) is 4.28. The number of nitrogens with one attached hydrogen (secondary N) is 1. The van der Waals surface area contributed by atoms with Crippen molar-refractivity contribution in [1.82, 2.24) is 5.32 Å². The summed E-state index contributed by atoms with van der Waals surface area (Å²) in [7, 11) is 1.20. The summed E-state index contributed by atoms with van der Waals surface area (Å²) in [4.78, 5) is 59.2. The number of carbonyl (C=O) groups excluding carboxylic acids is 5. The predicted octanol–water partition coefficient (Wildman–Crippen LogP) is 0.508. The average molecular weight is 481 g/mol. The molecule has 1 saturated heterocycles. The highest BCUT2D eigenvalue weighted by Crippen LogP contribution is 2.30. The SMILES string of the molecule is COC(=O)c1ccccc1O[C@H]1O[C@@H](COC(C)=O)[C@@H](OC(C)=O)[C@@H](OC(C)=O)[C@H]1NC(C)=O. The van der Waals surface area contributed by atoms with E-state index >= 15 is 0 Å². The Morgan fingerprint density at radius 3 is 2.09 bits per heavy atom. The van der Waals surface area contributed by atoms with E-state index in [0.29, 0.717) is 0 Å². The molecule has 1 N–H and O–H groups in total. The van der Waals surface area contributed by atoms with Crippen LogP contribution in [0.5, 0.6) is 5.75 Å². The molecule has 0 aromatic heterocycles. The van der Waals surface area contributed by atoms with Crippen LogP contribution in [0.2, 0.25) is 0 Å². The minimum atomic E-state index is -1.36. The molecule has 1 amide bonds. The van der Waals surface area contributed by atoms with E-state index in [0.717, 1.165) is 13.8 Å². The van der Waals surface area contributed by atoms with Crippen LogP contribution in [-0.2, 0) is 42.9 Å². The van der Waals surface area contributed by atoms with Crippen molar-refractivity contribution in [2.24, 2.45) is 0 Å². The van der Waals surface area contributed by atoms with Gasteiger partial charge < -0.3 is 33.7 Å². The van der Waals surface area contributed by atoms with Crippen molar-refractivity contribution in [3.05, 3.63) is 29.8 Å². The molecule has 5 atom stereocenters. The average Bonchev–Trinajstić information content (AvgIpc) is 2.75. The Labute approximate surface area is 195 Å². The summed E-state index contributed by atoms with van der Waals surface area (Å²) >= 11 is 0. The molecule has 2 rings (SSSR count). The molecule has 0 radical (unpaired) electrons. The number of amides is 1. The van der Waals surface area contributed by atoms with E-state index in [4.69, 9.17) is 28.4 Å². The molecular weight excluding hydrogens is 454 g/mol. The topological polar surface area (TPSA) is 153 Å². The van der Waals surface area contributed by atoms with Crippen LogP contribution < -0.4 is 10.1 Å². The van der Waals surface area contributed by atoms with E-state index in [1.165, 1.54) is 33.1 Å². The van der Waals surface area contributed by atoms with Crippen molar-refractivity contribution in [2.75, 3.05) is 13.7 Å². The highest BCUT2D eigenvalue weighted by molar-refractivity contribution is 5.92. The first-order chi connectivity index (χ1) is 16.0. The highest BCUT2D eigenvalue weighted by atomic mass is 16.7. The molecule has 34 heavy (non-hydrogen) atoms. The lowest BCUT2D eigenvalue weighted by Gasteiger charge is -2.44. The van der Waals surface area contributed by atoms with Gasteiger partial charge in [-0.3, -0.25) is 19.2 Å². The van der Waals surface area contributed by atoms with Gasteiger partial charge in [0, 0.05) is 27.7 Å². The summed E-state index contributed by atoms with van der Waals surface area (Å²) in [6, 6.07) is 4.94. The van der Waals surface area contributed by atoms with Crippen LogP contribution in [0.4, 0.5) is 0 Å². The van der Waals surface area contributed by atoms with E-state index in [1.54, 1.807) is 12.1 Å². The summed E-state index contributed by atoms with van der Waals surface area (Å²) in [5.74, 6) is -3.26. The van der Waals surface area contributed by atoms with Gasteiger partial charge in [-0.1, -0.05) is 12.1 Å². The highest BCUT2D eigenvalue weighted by Gasteiger charge is 2.52. The van der Waals surface area contributed by atoms with Gasteiger partial charge in [0.15, 0.2) is 12.2 Å². The van der Waals surface area contributed by atoms with Crippen LogP contribution in [0.3, 0.4) is 0 Å². The Balaban J connectivity index is 2.52. The van der Waals surface area contributed by atoms with Crippen molar-refractivity contribution in [1.29, 1.82) is 0 Å². The first kappa shape index (κ1) is 26.6. The van der Waals surface area contributed by atoms with Crippen molar-refractivity contribution >= 4 is 29.8 Å². The zero-order chi connectivity index (χ0) is 25.4. The Bertz CT molecular complexity index is 931. The third-order valence-electron chi connectivity index (χ3n) is 4.61. The largest absolute Gasteiger partial charge is 0.465 e. The minimum absolute atomic E-state index is 0.0495. The molecule has 1 aliphatic rings. The molecule has 0 saturated carbocycles. The number of hydrogen-bond acceptors (Lipinski definition) is 11. The maximum absolute atomic E-state index is 12.2. The van der Waals surface area contributed by atoms with Gasteiger partial charge in [-0.15, -0.1) is 0 Å². The Morgan fingerprint density at radius 1 is 0.912 bits per heavy atom. The quantitative estimate of drug-likeness (QED) is 0.408. The third-order valence-corrected chi connectivity index (χ3v) is 4.61. The van der Waals surface area contributed by atoms with Gasteiger partial charge in [-0.2, -0.15) is 0 Å². The van der Waals surface area contributed by atoms with Crippen LogP contribution in [0.25, 0.3) is 0 Å². The standard InChI is InChI=1S/C22H27NO11/c1-11(24)23-18-20(32-14(4)27)19(31-13(3)26)17(10-30-12(2)25)34-22(18)33-16-9-7-6-8-15(16)21(28)29-5/h6-9,17-20,22H,10H2,1-5H3,(H,23,24)/t17-,18+,19+,20-,22-/m0/s1. The molecule has 1 aromatic carbocycles. The van der Waals surface area contributed by atoms with Gasteiger partial charge in [-0.25, -0.2) is 4.79 Å². The molecule has 186 valence electrons. The van der Waals surface area contributed by atoms with E-state index in [-0.39, 0.29) is 17.9 Å². The number of para-hydroxylation sites is 1. The van der Waals surface area contributed by atoms with Gasteiger partial charge in [-0.05, 0) is 12.1 Å². The monoisotopic (exact) mass is 481 g/mol. The Hall–Kier alpha value is -3.67. The second kappa shape index (κ2) is 12.0. The molecule has 12 nitrogen and oxygen atoms in total. The van der Waals surface area contributed by atoms with E-state index in [9.17, 15) is 24.0 Å². The second-order valence-corrected chi connectivity index (χ2v) is 7.33. The number of hydrogen-bond donors (Lipinski definition) is 1. The number of methoxy groups -OCH3 is 1. The van der Waals surface area contributed by atoms with E-state index in [2.05, 4.69) is 5.32 Å². The maximum Gasteiger partial charge on any atom is 0.341 e. The van der Waals surface area contributed by atoms with Gasteiger partial charge >= 0.3 is 23.9 Å². The Morgan fingerprint density at radius 2 is 1.53 bits per heavy atom. The molecule has 12 heteroatoms. The lowest BCUT2D eigenvalue weighted by atomic mass is 9.96. The molecule has 1 aliphatic heterocycles. The molecular formula is C22H27NO11. The zero-order valence-corrected chi connectivity index (χ0v) is 19.4. The van der Waals surface area contributed by atoms with E-state index < -0.39 is 60.4 Å². The fraction of sp³-hybridized carbons (Fsp3) is 0.500. The summed E-state index contributed by atoms with van der Waals surface area (Å²) in [5, 5.41) is 2.58. The van der Waals surface area contributed by atoms with Gasteiger partial charge in [0.2, 0.25) is 12.2 Å². The molecule has 0 bridgehead atoms. The number of carbonyl (C=O) groups is 5.